The number of anilines is 1. The van der Waals surface area contributed by atoms with Crippen molar-refractivity contribution < 1.29 is 9.53 Å². The molecule has 20 heavy (non-hydrogen) atoms. The number of rotatable bonds is 7. The maximum atomic E-state index is 9.06. The summed E-state index contributed by atoms with van der Waals surface area (Å²) in [5.74, 6) is 0.802. The van der Waals surface area contributed by atoms with Gasteiger partial charge in [-0.1, -0.05) is 12.7 Å². The third-order valence-electron chi connectivity index (χ3n) is 2.14. The Labute approximate surface area is 119 Å². The zero-order valence-electron chi connectivity index (χ0n) is 11.7. The van der Waals surface area contributed by atoms with Crippen LogP contribution in [0.2, 0.25) is 0 Å². The first kappa shape index (κ1) is 17.4. The Morgan fingerprint density at radius 1 is 1.45 bits per heavy atom. The van der Waals surface area contributed by atoms with E-state index >= 15 is 0 Å². The first-order valence-electron chi connectivity index (χ1n) is 6.05. The lowest BCUT2D eigenvalue weighted by molar-refractivity contribution is -0.109. The van der Waals surface area contributed by atoms with Crippen molar-refractivity contribution in [3.8, 4) is 5.75 Å². The lowest BCUT2D eigenvalue weighted by Crippen LogP contribution is -1.98. The standard InChI is InChI=1S/C13H16N2O.C2H5NO/c1-3-4-12(15-2)9-10-16-13-7-5-11(14)6-8-13;1-3-2-4/h3-8H,1-2,9-10,14H2;2H,1H3,(H,3,4)/b12-4-;. The molecule has 0 unspecified atom stereocenters. The van der Waals surface area contributed by atoms with Crippen molar-refractivity contribution in [1.82, 2.24) is 5.32 Å². The third-order valence-corrected chi connectivity index (χ3v) is 2.14. The van der Waals surface area contributed by atoms with E-state index in [1.54, 1.807) is 13.1 Å². The van der Waals surface area contributed by atoms with Gasteiger partial charge in [0, 0.05) is 24.9 Å². The molecule has 1 amide bonds. The average molecular weight is 275 g/mol. The molecule has 0 bridgehead atoms. The Bertz CT molecular complexity index is 439. The van der Waals surface area contributed by atoms with Crippen molar-refractivity contribution in [3.05, 3.63) is 48.7 Å². The fourth-order valence-electron chi connectivity index (χ4n) is 1.19. The fourth-order valence-corrected chi connectivity index (χ4v) is 1.19. The third kappa shape index (κ3) is 8.52. The molecule has 0 aliphatic heterocycles. The Kier molecular flexibility index (Phi) is 10.1. The Morgan fingerprint density at radius 2 is 2.05 bits per heavy atom. The highest BCUT2D eigenvalue weighted by molar-refractivity contribution is 5.44. The Morgan fingerprint density at radius 3 is 2.50 bits per heavy atom. The van der Waals surface area contributed by atoms with Crippen molar-refractivity contribution in [3.63, 3.8) is 0 Å². The van der Waals surface area contributed by atoms with Crippen LogP contribution in [0.4, 0.5) is 5.69 Å². The van der Waals surface area contributed by atoms with Crippen LogP contribution in [0.3, 0.4) is 0 Å². The molecule has 0 spiro atoms. The number of nitrogens with zero attached hydrogens (tertiary/aromatic N) is 1. The summed E-state index contributed by atoms with van der Waals surface area (Å²) in [6, 6.07) is 7.30. The highest BCUT2D eigenvalue weighted by atomic mass is 16.5. The number of amides is 1. The van der Waals surface area contributed by atoms with Crippen LogP contribution in [0.1, 0.15) is 6.42 Å². The molecule has 1 aromatic rings. The van der Waals surface area contributed by atoms with Gasteiger partial charge in [-0.15, -0.1) is 0 Å². The lowest BCUT2D eigenvalue weighted by atomic mass is 10.3. The molecule has 1 aromatic carbocycles. The molecule has 5 heteroatoms. The van der Waals surface area contributed by atoms with E-state index in [4.69, 9.17) is 15.3 Å². The Hall–Kier alpha value is -2.56. The van der Waals surface area contributed by atoms with Crippen LogP contribution >= 0.6 is 0 Å². The maximum absolute atomic E-state index is 9.06. The molecule has 0 heterocycles. The molecular weight excluding hydrogens is 254 g/mol. The van der Waals surface area contributed by atoms with Crippen molar-refractivity contribution in [2.45, 2.75) is 6.42 Å². The normalized spacial score (nSPS) is 9.75. The molecule has 0 aliphatic carbocycles. The van der Waals surface area contributed by atoms with E-state index in [2.05, 4.69) is 23.6 Å². The van der Waals surface area contributed by atoms with E-state index in [-0.39, 0.29) is 0 Å². The smallest absolute Gasteiger partial charge is 0.206 e. The van der Waals surface area contributed by atoms with Crippen molar-refractivity contribution in [2.75, 3.05) is 19.4 Å². The molecule has 0 aromatic heterocycles. The average Bonchev–Trinajstić information content (AvgIpc) is 2.48. The molecule has 5 nitrogen and oxygen atoms in total. The number of benzene rings is 1. The van der Waals surface area contributed by atoms with Gasteiger partial charge >= 0.3 is 0 Å². The SMILES string of the molecule is C=C/C=C(/CCOc1ccc(N)cc1)N=C.CNC=O. The summed E-state index contributed by atoms with van der Waals surface area (Å²) in [6.07, 6.45) is 4.84. The van der Waals surface area contributed by atoms with Crippen LogP contribution < -0.4 is 15.8 Å². The zero-order chi connectivity index (χ0) is 15.2. The van der Waals surface area contributed by atoms with E-state index in [0.717, 1.165) is 17.1 Å². The fraction of sp³-hybridized carbons (Fsp3) is 0.200. The van der Waals surface area contributed by atoms with Gasteiger partial charge in [-0.2, -0.15) is 0 Å². The number of nitrogen functional groups attached to an aromatic ring is 1. The molecule has 0 radical (unpaired) electrons. The summed E-state index contributed by atoms with van der Waals surface area (Å²) in [5, 5.41) is 2.25. The summed E-state index contributed by atoms with van der Waals surface area (Å²) < 4.78 is 5.52. The van der Waals surface area contributed by atoms with Crippen molar-refractivity contribution in [1.29, 1.82) is 0 Å². The van der Waals surface area contributed by atoms with E-state index < -0.39 is 0 Å². The minimum Gasteiger partial charge on any atom is -0.493 e. The number of hydrogen-bond donors (Lipinski definition) is 2. The molecule has 0 aliphatic rings. The molecule has 108 valence electrons. The maximum Gasteiger partial charge on any atom is 0.206 e. The predicted octanol–water partition coefficient (Wildman–Crippen LogP) is 2.17. The summed E-state index contributed by atoms with van der Waals surface area (Å²) in [5.41, 5.74) is 7.16. The molecule has 3 N–H and O–H groups in total. The largest absolute Gasteiger partial charge is 0.493 e. The summed E-state index contributed by atoms with van der Waals surface area (Å²) in [7, 11) is 1.56. The number of ether oxygens (including phenoxy) is 1. The summed E-state index contributed by atoms with van der Waals surface area (Å²) >= 11 is 0. The van der Waals surface area contributed by atoms with Gasteiger partial charge in [0.2, 0.25) is 6.41 Å². The van der Waals surface area contributed by atoms with Gasteiger partial charge in [-0.3, -0.25) is 9.79 Å². The molecule has 0 saturated heterocycles. The number of carbonyl (C=O) groups excluding carboxylic acids is 1. The van der Waals surface area contributed by atoms with Gasteiger partial charge in [0.25, 0.3) is 0 Å². The molecular formula is C15H21N3O2. The van der Waals surface area contributed by atoms with Crippen LogP contribution in [0.25, 0.3) is 0 Å². The molecule has 1 rings (SSSR count). The van der Waals surface area contributed by atoms with Crippen molar-refractivity contribution >= 4 is 18.8 Å². The van der Waals surface area contributed by atoms with Gasteiger partial charge < -0.3 is 15.8 Å². The van der Waals surface area contributed by atoms with Crippen molar-refractivity contribution in [2.24, 2.45) is 4.99 Å². The predicted molar refractivity (Wildman–Crippen MR) is 83.9 cm³/mol. The van der Waals surface area contributed by atoms with Crippen LogP contribution in [0, 0.1) is 0 Å². The number of nitrogens with one attached hydrogen (secondary N) is 1. The molecule has 0 saturated carbocycles. The van der Waals surface area contributed by atoms with Crippen LogP contribution in [0.5, 0.6) is 5.75 Å². The highest BCUT2D eigenvalue weighted by Gasteiger charge is 1.95. The number of aliphatic imine (C=N–C) groups is 1. The van der Waals surface area contributed by atoms with Crippen LogP contribution in [-0.2, 0) is 4.79 Å². The van der Waals surface area contributed by atoms with Crippen LogP contribution in [-0.4, -0.2) is 26.8 Å². The number of hydrogen-bond acceptors (Lipinski definition) is 4. The number of carbonyl (C=O) groups is 1. The lowest BCUT2D eigenvalue weighted by Gasteiger charge is -2.06. The van der Waals surface area contributed by atoms with E-state index in [1.807, 2.05) is 30.3 Å². The minimum atomic E-state index is 0.558. The number of nitrogens with two attached hydrogens (primary N) is 1. The first-order chi connectivity index (χ1) is 9.67. The first-order valence-corrected chi connectivity index (χ1v) is 6.05. The monoisotopic (exact) mass is 275 g/mol. The summed E-state index contributed by atoms with van der Waals surface area (Å²) in [6.45, 7) is 7.64. The molecule has 0 atom stereocenters. The van der Waals surface area contributed by atoms with E-state index in [1.165, 1.54) is 0 Å². The Balaban J connectivity index is 0.000000796. The van der Waals surface area contributed by atoms with Gasteiger partial charge in [0.05, 0.1) is 6.61 Å². The van der Waals surface area contributed by atoms with Gasteiger partial charge in [-0.05, 0) is 37.1 Å². The van der Waals surface area contributed by atoms with Crippen LogP contribution in [0.15, 0.2) is 53.7 Å². The second-order valence-corrected chi connectivity index (χ2v) is 3.63. The van der Waals surface area contributed by atoms with Gasteiger partial charge in [-0.25, -0.2) is 0 Å². The minimum absolute atomic E-state index is 0.558. The summed E-state index contributed by atoms with van der Waals surface area (Å²) in [4.78, 5) is 12.9. The highest BCUT2D eigenvalue weighted by Crippen LogP contribution is 2.14. The molecule has 0 fully saturated rings. The zero-order valence-corrected chi connectivity index (χ0v) is 11.7. The quantitative estimate of drug-likeness (QED) is 0.346. The number of allylic oxidation sites excluding steroid dienone is 2. The van der Waals surface area contributed by atoms with Gasteiger partial charge in [0.1, 0.15) is 5.75 Å². The second-order valence-electron chi connectivity index (χ2n) is 3.63. The topological polar surface area (TPSA) is 76.7 Å². The second kappa shape index (κ2) is 11.5. The van der Waals surface area contributed by atoms with E-state index in [0.29, 0.717) is 19.4 Å². The van der Waals surface area contributed by atoms with Gasteiger partial charge in [0.15, 0.2) is 0 Å². The van der Waals surface area contributed by atoms with E-state index in [9.17, 15) is 0 Å².